The quantitative estimate of drug-likeness (QED) is 0.270. The van der Waals surface area contributed by atoms with Crippen LogP contribution in [-0.4, -0.2) is 29.2 Å². The van der Waals surface area contributed by atoms with Gasteiger partial charge in [0.15, 0.2) is 11.5 Å². The molecule has 158 valence electrons. The number of amides is 1. The van der Waals surface area contributed by atoms with Crippen LogP contribution in [0.4, 0.5) is 0 Å². The van der Waals surface area contributed by atoms with E-state index in [1.165, 1.54) is 0 Å². The van der Waals surface area contributed by atoms with E-state index in [9.17, 15) is 9.59 Å². The first-order valence-corrected chi connectivity index (χ1v) is 9.81. The molecule has 5 N–H and O–H groups in total. The van der Waals surface area contributed by atoms with Crippen molar-refractivity contribution in [1.82, 2.24) is 5.32 Å². The van der Waals surface area contributed by atoms with Gasteiger partial charge in [-0.15, -0.1) is 0 Å². The molecule has 0 aliphatic carbocycles. The Morgan fingerprint density at radius 1 is 0.967 bits per heavy atom. The highest BCUT2D eigenvalue weighted by Crippen LogP contribution is 2.35. The fourth-order valence-corrected chi connectivity index (χ4v) is 3.13. The Morgan fingerprint density at radius 2 is 1.67 bits per heavy atom. The van der Waals surface area contributed by atoms with Crippen molar-refractivity contribution in [2.24, 2.45) is 5.73 Å². The molecular weight excluding hydrogens is 386 g/mol. The molecule has 2 aromatic rings. The lowest BCUT2D eigenvalue weighted by atomic mass is 10.0. The van der Waals surface area contributed by atoms with Gasteiger partial charge in [-0.25, -0.2) is 0 Å². The minimum absolute atomic E-state index is 0.0423. The summed E-state index contributed by atoms with van der Waals surface area (Å²) in [6.07, 6.45) is 2.34. The van der Waals surface area contributed by atoms with Crippen molar-refractivity contribution < 1.29 is 24.2 Å². The van der Waals surface area contributed by atoms with Gasteiger partial charge in [-0.1, -0.05) is 30.3 Å². The summed E-state index contributed by atoms with van der Waals surface area (Å²) in [4.78, 5) is 22.8. The van der Waals surface area contributed by atoms with Crippen molar-refractivity contribution in [3.05, 3.63) is 59.2 Å². The van der Waals surface area contributed by atoms with Crippen LogP contribution in [0.5, 0.6) is 11.5 Å². The number of nitrogens with one attached hydrogen (secondary N) is 2. The van der Waals surface area contributed by atoms with Gasteiger partial charge in [0, 0.05) is 18.4 Å². The summed E-state index contributed by atoms with van der Waals surface area (Å²) in [5.74, 6) is 0.0514. The van der Waals surface area contributed by atoms with Crippen molar-refractivity contribution in [3.63, 3.8) is 0 Å². The number of benzene rings is 2. The van der Waals surface area contributed by atoms with Crippen LogP contribution in [0.1, 0.15) is 42.4 Å². The lowest BCUT2D eigenvalue weighted by Gasteiger charge is -2.12. The number of hydrogen-bond donors (Lipinski definition) is 4. The van der Waals surface area contributed by atoms with Crippen molar-refractivity contribution in [2.75, 3.05) is 0 Å². The van der Waals surface area contributed by atoms with Gasteiger partial charge in [0.25, 0.3) is 0 Å². The summed E-state index contributed by atoms with van der Waals surface area (Å²) in [6.45, 7) is 0. The molecule has 8 heteroatoms. The molecule has 0 saturated carbocycles. The molecule has 1 amide bonds. The SMILES string of the molecule is N=C(N)c1ccc(CCCCC(=O)NC2Oc3ccc(CCC(=O)O)cc3O2)cc1. The first kappa shape index (κ1) is 21.2. The zero-order valence-electron chi connectivity index (χ0n) is 16.5. The number of amidine groups is 1. The fraction of sp³-hybridized carbons (Fsp3) is 0.318. The number of nitrogens with two attached hydrogens (primary N) is 1. The van der Waals surface area contributed by atoms with Crippen molar-refractivity contribution in [3.8, 4) is 11.5 Å². The van der Waals surface area contributed by atoms with Crippen LogP contribution in [-0.2, 0) is 22.4 Å². The summed E-state index contributed by atoms with van der Waals surface area (Å²) >= 11 is 0. The molecule has 0 aromatic heterocycles. The van der Waals surface area contributed by atoms with Crippen molar-refractivity contribution in [2.45, 2.75) is 44.9 Å². The number of hydrogen-bond acceptors (Lipinski definition) is 5. The maximum atomic E-state index is 12.2. The zero-order valence-corrected chi connectivity index (χ0v) is 16.5. The van der Waals surface area contributed by atoms with E-state index in [2.05, 4.69) is 5.32 Å². The van der Waals surface area contributed by atoms with E-state index in [1.54, 1.807) is 18.2 Å². The van der Waals surface area contributed by atoms with E-state index in [0.717, 1.165) is 30.4 Å². The minimum Gasteiger partial charge on any atom is -0.481 e. The summed E-state index contributed by atoms with van der Waals surface area (Å²) in [5.41, 5.74) is 8.11. The third kappa shape index (κ3) is 5.97. The maximum Gasteiger partial charge on any atom is 0.327 e. The molecule has 0 spiro atoms. The van der Waals surface area contributed by atoms with Gasteiger partial charge in [0.1, 0.15) is 5.84 Å². The van der Waals surface area contributed by atoms with Gasteiger partial charge in [-0.05, 0) is 48.9 Å². The number of aliphatic carboxylic acids is 1. The molecular formula is C22H25N3O5. The predicted octanol–water partition coefficient (Wildman–Crippen LogP) is 2.57. The van der Waals surface area contributed by atoms with Crippen molar-refractivity contribution >= 4 is 17.7 Å². The molecule has 0 radical (unpaired) electrons. The first-order valence-electron chi connectivity index (χ1n) is 9.81. The molecule has 2 aromatic carbocycles. The summed E-state index contributed by atoms with van der Waals surface area (Å²) in [7, 11) is 0. The third-order valence-corrected chi connectivity index (χ3v) is 4.77. The molecule has 1 atom stereocenters. The van der Waals surface area contributed by atoms with Crippen LogP contribution in [0, 0.1) is 5.41 Å². The predicted molar refractivity (Wildman–Crippen MR) is 111 cm³/mol. The van der Waals surface area contributed by atoms with Gasteiger partial charge < -0.3 is 20.3 Å². The van der Waals surface area contributed by atoms with E-state index in [4.69, 9.17) is 25.7 Å². The molecule has 3 rings (SSSR count). The van der Waals surface area contributed by atoms with Gasteiger partial charge in [0.05, 0.1) is 0 Å². The molecule has 1 aliphatic rings. The second-order valence-electron chi connectivity index (χ2n) is 7.13. The normalized spacial score (nSPS) is 14.3. The average Bonchev–Trinajstić information content (AvgIpc) is 3.11. The topological polar surface area (TPSA) is 135 Å². The fourth-order valence-electron chi connectivity index (χ4n) is 3.13. The Labute approximate surface area is 174 Å². The number of carbonyl (C=O) groups excluding carboxylic acids is 1. The number of fused-ring (bicyclic) bond motifs is 1. The highest BCUT2D eigenvalue weighted by atomic mass is 16.7. The van der Waals surface area contributed by atoms with E-state index < -0.39 is 12.4 Å². The maximum absolute atomic E-state index is 12.2. The monoisotopic (exact) mass is 411 g/mol. The number of nitrogen functional groups attached to an aromatic ring is 1. The Hall–Kier alpha value is -3.55. The highest BCUT2D eigenvalue weighted by Gasteiger charge is 2.25. The molecule has 0 bridgehead atoms. The van der Waals surface area contributed by atoms with Gasteiger partial charge >= 0.3 is 12.4 Å². The number of unbranched alkanes of at least 4 members (excludes halogenated alkanes) is 1. The Kier molecular flexibility index (Phi) is 6.90. The van der Waals surface area contributed by atoms with E-state index in [1.807, 2.05) is 24.3 Å². The zero-order chi connectivity index (χ0) is 21.5. The van der Waals surface area contributed by atoms with Gasteiger partial charge in [0.2, 0.25) is 5.91 Å². The standard InChI is InChI=1S/C22H25N3O5/c23-21(24)16-9-5-14(6-10-16)3-1-2-4-19(26)25-22-29-17-11-7-15(8-12-20(27)28)13-18(17)30-22/h5-7,9-11,13,22H,1-4,8,12H2,(H3,23,24)(H,25,26)(H,27,28). The summed E-state index contributed by atoms with van der Waals surface area (Å²) < 4.78 is 11.2. The third-order valence-electron chi connectivity index (χ3n) is 4.77. The lowest BCUT2D eigenvalue weighted by molar-refractivity contribution is -0.137. The molecule has 0 saturated heterocycles. The molecule has 0 fully saturated rings. The number of carbonyl (C=O) groups is 2. The number of aryl methyl sites for hydroxylation is 2. The molecule has 1 aliphatic heterocycles. The van der Waals surface area contributed by atoms with E-state index in [-0.39, 0.29) is 18.2 Å². The van der Waals surface area contributed by atoms with Crippen LogP contribution in [0.2, 0.25) is 0 Å². The summed E-state index contributed by atoms with van der Waals surface area (Å²) in [5, 5.41) is 18.9. The van der Waals surface area contributed by atoms with Crippen LogP contribution >= 0.6 is 0 Å². The van der Waals surface area contributed by atoms with E-state index >= 15 is 0 Å². The van der Waals surface area contributed by atoms with Crippen LogP contribution in [0.25, 0.3) is 0 Å². The van der Waals surface area contributed by atoms with Gasteiger partial charge in [-0.3, -0.25) is 20.3 Å². The van der Waals surface area contributed by atoms with Crippen LogP contribution in [0.15, 0.2) is 42.5 Å². The number of carboxylic acids is 1. The summed E-state index contributed by atoms with van der Waals surface area (Å²) in [6, 6.07) is 12.8. The van der Waals surface area contributed by atoms with Gasteiger partial charge in [-0.2, -0.15) is 0 Å². The molecule has 8 nitrogen and oxygen atoms in total. The molecule has 1 heterocycles. The van der Waals surface area contributed by atoms with Crippen molar-refractivity contribution in [1.29, 1.82) is 5.41 Å². The number of ether oxygens (including phenoxy) is 2. The first-order chi connectivity index (χ1) is 14.4. The smallest absolute Gasteiger partial charge is 0.327 e. The van der Waals surface area contributed by atoms with E-state index in [0.29, 0.717) is 29.9 Å². The lowest BCUT2D eigenvalue weighted by Crippen LogP contribution is -2.40. The van der Waals surface area contributed by atoms with Crippen LogP contribution < -0.4 is 20.5 Å². The largest absolute Gasteiger partial charge is 0.481 e. The number of rotatable bonds is 10. The Morgan fingerprint density at radius 3 is 2.37 bits per heavy atom. The number of carboxylic acid groups (broad SMARTS) is 1. The van der Waals surface area contributed by atoms with Crippen LogP contribution in [0.3, 0.4) is 0 Å². The second-order valence-corrected chi connectivity index (χ2v) is 7.13. The Bertz CT molecular complexity index is 927. The molecule has 1 unspecified atom stereocenters. The minimum atomic E-state index is -0.874. The molecule has 30 heavy (non-hydrogen) atoms. The second kappa shape index (κ2) is 9.78. The highest BCUT2D eigenvalue weighted by molar-refractivity contribution is 5.94. The average molecular weight is 411 g/mol. The Balaban J connectivity index is 1.37.